The highest BCUT2D eigenvalue weighted by Gasteiger charge is 2.30. The van der Waals surface area contributed by atoms with Gasteiger partial charge in [-0.15, -0.1) is 0 Å². The van der Waals surface area contributed by atoms with Gasteiger partial charge in [0.1, 0.15) is 0 Å². The zero-order valence-corrected chi connectivity index (χ0v) is 17.3. The van der Waals surface area contributed by atoms with Gasteiger partial charge in [0.05, 0.1) is 12.1 Å². The minimum absolute atomic E-state index is 0.255. The molecule has 2 unspecified atom stereocenters. The van der Waals surface area contributed by atoms with Gasteiger partial charge in [0.2, 0.25) is 0 Å². The van der Waals surface area contributed by atoms with Crippen molar-refractivity contribution in [2.45, 2.75) is 105 Å². The van der Waals surface area contributed by atoms with Crippen LogP contribution in [-0.4, -0.2) is 13.1 Å². The Hall–Kier alpha value is -1.06. The van der Waals surface area contributed by atoms with E-state index in [1.54, 1.807) is 0 Å². The molecule has 0 rings (SSSR count). The highest BCUT2D eigenvalue weighted by atomic mass is 14.9. The van der Waals surface area contributed by atoms with Crippen LogP contribution in [0.2, 0.25) is 0 Å². The van der Waals surface area contributed by atoms with Crippen LogP contribution in [0.25, 0.3) is 0 Å². The molecular formula is C22H41N3. The Morgan fingerprint density at radius 1 is 0.680 bits per heavy atom. The monoisotopic (exact) mass is 347 g/mol. The molecule has 144 valence electrons. The maximum atomic E-state index is 9.04. The highest BCUT2D eigenvalue weighted by molar-refractivity contribution is 4.88. The van der Waals surface area contributed by atoms with Crippen LogP contribution in [0.3, 0.4) is 0 Å². The molecule has 0 bridgehead atoms. The molecule has 0 aromatic carbocycles. The number of nitriles is 2. The molecule has 25 heavy (non-hydrogen) atoms. The minimum Gasteiger partial charge on any atom is -0.316 e. The Morgan fingerprint density at radius 3 is 1.36 bits per heavy atom. The van der Waals surface area contributed by atoms with Gasteiger partial charge in [0.25, 0.3) is 0 Å². The van der Waals surface area contributed by atoms with E-state index in [0.29, 0.717) is 12.8 Å². The van der Waals surface area contributed by atoms with Crippen molar-refractivity contribution in [3.63, 3.8) is 0 Å². The Morgan fingerprint density at radius 2 is 1.08 bits per heavy atom. The molecule has 0 aromatic heterocycles. The normalized spacial score (nSPS) is 15.8. The predicted molar refractivity (Wildman–Crippen MR) is 107 cm³/mol. The van der Waals surface area contributed by atoms with Crippen LogP contribution in [0.15, 0.2) is 0 Å². The quantitative estimate of drug-likeness (QED) is 0.353. The van der Waals surface area contributed by atoms with Crippen molar-refractivity contribution >= 4 is 0 Å². The molecule has 0 aliphatic heterocycles. The predicted octanol–water partition coefficient (Wildman–Crippen LogP) is 6.36. The second-order valence-corrected chi connectivity index (χ2v) is 7.83. The summed E-state index contributed by atoms with van der Waals surface area (Å²) in [7, 11) is 0. The molecule has 0 aliphatic rings. The van der Waals surface area contributed by atoms with Crippen LogP contribution >= 0.6 is 0 Å². The molecule has 0 amide bonds. The van der Waals surface area contributed by atoms with Crippen LogP contribution in [0.5, 0.6) is 0 Å². The molecule has 0 spiro atoms. The second-order valence-electron chi connectivity index (χ2n) is 7.83. The Bertz CT molecular complexity index is 368. The van der Waals surface area contributed by atoms with Crippen molar-refractivity contribution in [1.82, 2.24) is 5.32 Å². The third-order valence-corrected chi connectivity index (χ3v) is 6.16. The van der Waals surface area contributed by atoms with Crippen LogP contribution in [0.1, 0.15) is 105 Å². The smallest absolute Gasteiger partial charge is 0.0621 e. The van der Waals surface area contributed by atoms with Gasteiger partial charge in [-0.1, -0.05) is 53.4 Å². The van der Waals surface area contributed by atoms with Crippen molar-refractivity contribution in [2.24, 2.45) is 10.8 Å². The molecule has 0 saturated carbocycles. The first kappa shape index (κ1) is 23.9. The van der Waals surface area contributed by atoms with Crippen molar-refractivity contribution in [3.8, 4) is 12.1 Å². The molecule has 0 saturated heterocycles. The number of nitrogens with zero attached hydrogens (tertiary/aromatic N) is 2. The lowest BCUT2D eigenvalue weighted by Gasteiger charge is -2.37. The summed E-state index contributed by atoms with van der Waals surface area (Å²) in [5.74, 6) is 0. The standard InChI is InChI=1S/C22H41N3/c1-5-9-13-21(7-3,15-11-17-23)19-25-20-22(8-4,14-10-6-2)16-12-18-24/h25H,5-16,19-20H2,1-4H3. The number of hydrogen-bond donors (Lipinski definition) is 1. The van der Waals surface area contributed by atoms with Gasteiger partial charge < -0.3 is 5.32 Å². The van der Waals surface area contributed by atoms with Crippen molar-refractivity contribution in [2.75, 3.05) is 13.1 Å². The highest BCUT2D eigenvalue weighted by Crippen LogP contribution is 2.36. The largest absolute Gasteiger partial charge is 0.316 e. The zero-order valence-electron chi connectivity index (χ0n) is 17.3. The van der Waals surface area contributed by atoms with E-state index in [9.17, 15) is 0 Å². The number of nitrogens with one attached hydrogen (secondary N) is 1. The fraction of sp³-hybridized carbons (Fsp3) is 0.909. The molecule has 0 fully saturated rings. The molecule has 1 N–H and O–H groups in total. The van der Waals surface area contributed by atoms with Gasteiger partial charge in [-0.2, -0.15) is 10.5 Å². The van der Waals surface area contributed by atoms with Crippen LogP contribution < -0.4 is 5.32 Å². The number of hydrogen-bond acceptors (Lipinski definition) is 3. The van der Waals surface area contributed by atoms with E-state index in [-0.39, 0.29) is 10.8 Å². The molecule has 3 nitrogen and oxygen atoms in total. The van der Waals surface area contributed by atoms with Crippen LogP contribution in [0.4, 0.5) is 0 Å². The average molecular weight is 348 g/mol. The summed E-state index contributed by atoms with van der Waals surface area (Å²) in [6.45, 7) is 11.0. The van der Waals surface area contributed by atoms with E-state index < -0.39 is 0 Å². The molecule has 0 heterocycles. The molecule has 0 radical (unpaired) electrons. The first-order valence-electron chi connectivity index (χ1n) is 10.5. The average Bonchev–Trinajstić information content (AvgIpc) is 2.65. The summed E-state index contributed by atoms with van der Waals surface area (Å²) in [5.41, 5.74) is 0.510. The molecule has 0 aliphatic carbocycles. The first-order valence-corrected chi connectivity index (χ1v) is 10.5. The first-order chi connectivity index (χ1) is 12.1. The summed E-state index contributed by atoms with van der Waals surface area (Å²) >= 11 is 0. The number of unbranched alkanes of at least 4 members (excludes halogenated alkanes) is 2. The molecule has 3 heteroatoms. The van der Waals surface area contributed by atoms with E-state index in [4.69, 9.17) is 10.5 Å². The van der Waals surface area contributed by atoms with E-state index in [1.165, 1.54) is 38.5 Å². The lowest BCUT2D eigenvalue weighted by Crippen LogP contribution is -2.40. The summed E-state index contributed by atoms with van der Waals surface area (Å²) in [5, 5.41) is 21.9. The summed E-state index contributed by atoms with van der Waals surface area (Å²) in [6, 6.07) is 4.69. The van der Waals surface area contributed by atoms with Gasteiger partial charge in [-0.25, -0.2) is 0 Å². The van der Waals surface area contributed by atoms with Gasteiger partial charge in [0.15, 0.2) is 0 Å². The van der Waals surface area contributed by atoms with E-state index in [2.05, 4.69) is 45.2 Å². The zero-order chi connectivity index (χ0) is 19.0. The third kappa shape index (κ3) is 9.27. The van der Waals surface area contributed by atoms with Crippen molar-refractivity contribution in [3.05, 3.63) is 0 Å². The van der Waals surface area contributed by atoms with Gasteiger partial charge in [-0.3, -0.25) is 0 Å². The SMILES string of the molecule is CCCCC(CC)(CCC#N)CNCC(CC)(CCC#N)CCCC. The van der Waals surface area contributed by atoms with E-state index >= 15 is 0 Å². The summed E-state index contributed by atoms with van der Waals surface area (Å²) < 4.78 is 0. The van der Waals surface area contributed by atoms with E-state index in [1.807, 2.05) is 0 Å². The topological polar surface area (TPSA) is 59.6 Å². The van der Waals surface area contributed by atoms with Crippen LogP contribution in [0, 0.1) is 33.5 Å². The van der Waals surface area contributed by atoms with Gasteiger partial charge in [-0.05, 0) is 49.4 Å². The molecular weight excluding hydrogens is 306 g/mol. The third-order valence-electron chi connectivity index (χ3n) is 6.16. The van der Waals surface area contributed by atoms with Crippen LogP contribution in [-0.2, 0) is 0 Å². The molecule has 2 atom stereocenters. The fourth-order valence-electron chi connectivity index (χ4n) is 3.90. The fourth-order valence-corrected chi connectivity index (χ4v) is 3.90. The maximum Gasteiger partial charge on any atom is 0.0621 e. The summed E-state index contributed by atoms with van der Waals surface area (Å²) in [6.07, 6.45) is 12.9. The Kier molecular flexibility index (Phi) is 13.5. The Labute approximate surface area is 157 Å². The lowest BCUT2D eigenvalue weighted by atomic mass is 9.74. The Balaban J connectivity index is 4.89. The van der Waals surface area contributed by atoms with Gasteiger partial charge >= 0.3 is 0 Å². The lowest BCUT2D eigenvalue weighted by molar-refractivity contribution is 0.172. The second kappa shape index (κ2) is 14.1. The minimum atomic E-state index is 0.255. The van der Waals surface area contributed by atoms with E-state index in [0.717, 1.165) is 38.8 Å². The van der Waals surface area contributed by atoms with Crippen molar-refractivity contribution < 1.29 is 0 Å². The van der Waals surface area contributed by atoms with Gasteiger partial charge in [0, 0.05) is 25.9 Å². The summed E-state index contributed by atoms with van der Waals surface area (Å²) in [4.78, 5) is 0. The van der Waals surface area contributed by atoms with Crippen molar-refractivity contribution in [1.29, 1.82) is 10.5 Å². The maximum absolute atomic E-state index is 9.04. The number of rotatable bonds is 16. The molecule has 0 aromatic rings.